The van der Waals surface area contributed by atoms with Gasteiger partial charge >= 0.3 is 5.97 Å². The molecule has 0 radical (unpaired) electrons. The van der Waals surface area contributed by atoms with E-state index in [1.165, 1.54) is 13.0 Å². The van der Waals surface area contributed by atoms with Gasteiger partial charge in [-0.1, -0.05) is 0 Å². The molecule has 2 saturated heterocycles. The van der Waals surface area contributed by atoms with E-state index in [1.807, 2.05) is 0 Å². The molecule has 19 heteroatoms. The monoisotopic (exact) mass is 695 g/mol. The van der Waals surface area contributed by atoms with Gasteiger partial charge in [0.05, 0.1) is 18.5 Å². The lowest BCUT2D eigenvalue weighted by atomic mass is 9.99. The number of aliphatic carboxylic acids is 1. The van der Waals surface area contributed by atoms with Crippen LogP contribution in [0, 0.1) is 0 Å². The fourth-order valence-electron chi connectivity index (χ4n) is 5.14. The number of aromatic hydroxyl groups is 3. The normalized spacial score (nSPS) is 30.1. The Morgan fingerprint density at radius 3 is 2.10 bits per heavy atom. The first-order chi connectivity index (χ1) is 23.1. The van der Waals surface area contributed by atoms with Gasteiger partial charge in [-0.25, -0.2) is 0 Å². The zero-order chi connectivity index (χ0) is 35.9. The summed E-state index contributed by atoms with van der Waals surface area (Å²) < 4.78 is 32.7. The maximum absolute atomic E-state index is 13.9. The van der Waals surface area contributed by atoms with E-state index in [-0.39, 0.29) is 16.9 Å². The summed E-state index contributed by atoms with van der Waals surface area (Å²) in [7, 11) is 0. The average molecular weight is 696 g/mol. The van der Waals surface area contributed by atoms with Gasteiger partial charge in [0.25, 0.3) is 0 Å². The number of phenols is 3. The van der Waals surface area contributed by atoms with E-state index in [1.54, 1.807) is 0 Å². The Balaban J connectivity index is 1.54. The number of carbonyl (C=O) groups is 2. The molecule has 1 aromatic heterocycles. The molecule has 0 amide bonds. The van der Waals surface area contributed by atoms with Crippen molar-refractivity contribution in [3.05, 3.63) is 40.6 Å². The summed E-state index contributed by atoms with van der Waals surface area (Å²) in [4.78, 5) is 36.2. The third-order valence-electron chi connectivity index (χ3n) is 7.80. The number of aliphatic hydroxyl groups is 6. The lowest BCUT2D eigenvalue weighted by molar-refractivity contribution is -0.305. The topological polar surface area (TPSA) is 316 Å². The first kappa shape index (κ1) is 35.6. The molecule has 0 unspecified atom stereocenters. The molecule has 266 valence electrons. The second kappa shape index (κ2) is 14.0. The van der Waals surface area contributed by atoms with Crippen LogP contribution in [-0.4, -0.2) is 126 Å². The summed E-state index contributed by atoms with van der Waals surface area (Å²) in [6.07, 6.45) is -18.1. The first-order valence-electron chi connectivity index (χ1n) is 14.5. The highest BCUT2D eigenvalue weighted by molar-refractivity contribution is 5.89. The fraction of sp³-hybridized carbons (Fsp3) is 0.433. The average Bonchev–Trinajstić information content (AvgIpc) is 3.04. The summed E-state index contributed by atoms with van der Waals surface area (Å²) in [5.74, 6) is -6.57. The van der Waals surface area contributed by atoms with Gasteiger partial charge in [0.15, 0.2) is 17.3 Å². The predicted molar refractivity (Wildman–Crippen MR) is 154 cm³/mol. The number of hydrogen-bond donors (Lipinski definition) is 9. The Morgan fingerprint density at radius 1 is 0.796 bits per heavy atom. The Labute approximate surface area is 273 Å². The van der Waals surface area contributed by atoms with E-state index in [2.05, 4.69) is 0 Å². The number of carboxylic acids is 1. The number of rotatable bonds is 9. The van der Waals surface area contributed by atoms with E-state index >= 15 is 0 Å². The Morgan fingerprint density at radius 2 is 1.45 bits per heavy atom. The van der Waals surface area contributed by atoms with Gasteiger partial charge in [0, 0.05) is 17.7 Å². The van der Waals surface area contributed by atoms with Crippen LogP contribution < -0.4 is 20.0 Å². The molecular weight excluding hydrogens is 664 g/mol. The van der Waals surface area contributed by atoms with Crippen molar-refractivity contribution in [2.45, 2.75) is 74.8 Å². The molecule has 10 atom stereocenters. The van der Waals surface area contributed by atoms with E-state index in [4.69, 9.17) is 28.1 Å². The summed E-state index contributed by atoms with van der Waals surface area (Å²) in [5, 5.41) is 103. The van der Waals surface area contributed by atoms with Crippen LogP contribution in [0.15, 0.2) is 39.5 Å². The minimum absolute atomic E-state index is 0.120. The number of carbonyl (C=O) groups excluding carboxylic acids is 2. The SMILES string of the molecule is C[C@@H]1O[C@@H](Oc2cc(O)c3c(=O)c(O[C@@H]4O[C@H](COC(=O)CC(=O)[O-])[C@@H](O)[C@H](O)[C@H]4O)c(-c4ccc(O)c(O)c4)oc3c2)[C@H](O)[C@H](O)[C@H]1O. The van der Waals surface area contributed by atoms with Gasteiger partial charge in [-0.15, -0.1) is 0 Å². The molecule has 2 aromatic carbocycles. The summed E-state index contributed by atoms with van der Waals surface area (Å²) in [6.45, 7) is 0.576. The third kappa shape index (κ3) is 7.19. The quantitative estimate of drug-likeness (QED) is 0.0600. The Hall–Kier alpha value is -4.73. The van der Waals surface area contributed by atoms with Gasteiger partial charge in [0.2, 0.25) is 23.8 Å². The largest absolute Gasteiger partial charge is 0.550 e. The van der Waals surface area contributed by atoms with E-state index in [0.717, 1.165) is 24.3 Å². The van der Waals surface area contributed by atoms with E-state index < -0.39 is 126 Å². The molecule has 2 aliphatic heterocycles. The minimum Gasteiger partial charge on any atom is -0.550 e. The van der Waals surface area contributed by atoms with Gasteiger partial charge in [-0.2, -0.15) is 0 Å². The van der Waals surface area contributed by atoms with Crippen molar-refractivity contribution in [1.29, 1.82) is 0 Å². The zero-order valence-corrected chi connectivity index (χ0v) is 25.2. The maximum atomic E-state index is 13.9. The second-order valence-electron chi connectivity index (χ2n) is 11.3. The van der Waals surface area contributed by atoms with Crippen molar-refractivity contribution < 1.29 is 88.8 Å². The molecule has 0 bridgehead atoms. The zero-order valence-electron chi connectivity index (χ0n) is 25.2. The number of esters is 1. The maximum Gasteiger partial charge on any atom is 0.311 e. The van der Waals surface area contributed by atoms with E-state index in [0.29, 0.717) is 0 Å². The lowest BCUT2D eigenvalue weighted by Gasteiger charge is -2.39. The van der Waals surface area contributed by atoms with Crippen molar-refractivity contribution >= 4 is 22.9 Å². The van der Waals surface area contributed by atoms with Gasteiger partial charge in [0.1, 0.15) is 71.8 Å². The number of hydrogen-bond acceptors (Lipinski definition) is 19. The number of aliphatic hydroxyl groups excluding tert-OH is 6. The molecule has 0 aliphatic carbocycles. The molecule has 3 aromatic rings. The molecule has 2 fully saturated rings. The van der Waals surface area contributed by atoms with Crippen molar-refractivity contribution in [2.24, 2.45) is 0 Å². The molecule has 49 heavy (non-hydrogen) atoms. The number of ether oxygens (including phenoxy) is 5. The van der Waals surface area contributed by atoms with Gasteiger partial charge < -0.3 is 84.0 Å². The molecule has 3 heterocycles. The minimum atomic E-state index is -2.07. The molecule has 0 spiro atoms. The summed E-state index contributed by atoms with van der Waals surface area (Å²) in [6, 6.07) is 5.19. The number of benzene rings is 2. The van der Waals surface area contributed by atoms with Crippen molar-refractivity contribution in [3.63, 3.8) is 0 Å². The second-order valence-corrected chi connectivity index (χ2v) is 11.3. The van der Waals surface area contributed by atoms with Crippen LogP contribution in [0.3, 0.4) is 0 Å². The third-order valence-corrected chi connectivity index (χ3v) is 7.80. The first-order valence-corrected chi connectivity index (χ1v) is 14.5. The number of carboxylic acid groups (broad SMARTS) is 1. The van der Waals surface area contributed by atoms with Gasteiger partial charge in [-0.05, 0) is 25.1 Å². The standard InChI is InChI=1S/C30H32O19/c1-9-20(37)23(40)25(42)29(45-9)46-11-5-14(33)19-15(6-11)47-27(10-2-3-12(31)13(32)4-10)28(22(19)39)49-30-26(43)24(41)21(38)16(48-30)8-44-18(36)7-17(34)35/h2-6,9,16,20-21,23-26,29-33,37-38,40-43H,7-8H2,1H3,(H,34,35)/p-1/t9-,16+,20-,21+,23+,24-,25+,26+,29-,30-/m0/s1. The van der Waals surface area contributed by atoms with Crippen LogP contribution in [0.25, 0.3) is 22.3 Å². The smallest absolute Gasteiger partial charge is 0.311 e. The van der Waals surface area contributed by atoms with Crippen LogP contribution >= 0.6 is 0 Å². The van der Waals surface area contributed by atoms with Crippen molar-refractivity contribution in [1.82, 2.24) is 0 Å². The van der Waals surface area contributed by atoms with Gasteiger partial charge in [-0.3, -0.25) is 9.59 Å². The Bertz CT molecular complexity index is 1770. The highest BCUT2D eigenvalue weighted by Gasteiger charge is 2.46. The predicted octanol–water partition coefficient (Wildman–Crippen LogP) is -3.35. The molecule has 19 nitrogen and oxygen atoms in total. The summed E-state index contributed by atoms with van der Waals surface area (Å²) in [5.41, 5.74) is -1.62. The molecule has 2 aliphatic rings. The summed E-state index contributed by atoms with van der Waals surface area (Å²) >= 11 is 0. The van der Waals surface area contributed by atoms with Crippen molar-refractivity contribution in [2.75, 3.05) is 6.61 Å². The molecule has 0 saturated carbocycles. The van der Waals surface area contributed by atoms with Crippen LogP contribution in [-0.2, 0) is 23.8 Å². The van der Waals surface area contributed by atoms with Crippen LogP contribution in [0.1, 0.15) is 13.3 Å². The highest BCUT2D eigenvalue weighted by Crippen LogP contribution is 2.40. The lowest BCUT2D eigenvalue weighted by Crippen LogP contribution is -2.60. The van der Waals surface area contributed by atoms with Crippen LogP contribution in [0.2, 0.25) is 0 Å². The van der Waals surface area contributed by atoms with Crippen LogP contribution in [0.4, 0.5) is 0 Å². The molecule has 5 rings (SSSR count). The molecule has 9 N–H and O–H groups in total. The number of phenolic OH excluding ortho intramolecular Hbond substituents is 3. The highest BCUT2D eigenvalue weighted by atomic mass is 16.7. The Kier molecular flexibility index (Phi) is 10.2. The van der Waals surface area contributed by atoms with Crippen LogP contribution in [0.5, 0.6) is 28.7 Å². The molecular formula is C30H31O19-. The number of fused-ring (bicyclic) bond motifs is 1. The van der Waals surface area contributed by atoms with E-state index in [9.17, 15) is 65.4 Å². The fourth-order valence-corrected chi connectivity index (χ4v) is 5.14. The van der Waals surface area contributed by atoms with Crippen molar-refractivity contribution in [3.8, 4) is 40.1 Å².